The van der Waals surface area contributed by atoms with Crippen molar-refractivity contribution in [2.24, 2.45) is 0 Å². The normalized spacial score (nSPS) is 25.8. The van der Waals surface area contributed by atoms with Crippen LogP contribution in [0.15, 0.2) is 0 Å². The van der Waals surface area contributed by atoms with E-state index in [-0.39, 0.29) is 12.6 Å². The smallest absolute Gasteiger partial charge is 0.407 e. The molecule has 1 fully saturated rings. The molecule has 0 saturated carbocycles. The first-order chi connectivity index (χ1) is 5.65. The molecular weight excluding hydrogens is 163 g/mol. The molecule has 0 bridgehead atoms. The van der Waals surface area contributed by atoms with Crippen LogP contribution in [-0.4, -0.2) is 60.4 Å². The minimum atomic E-state index is -0.957. The Morgan fingerprint density at radius 2 is 2.33 bits per heavy atom. The van der Waals surface area contributed by atoms with Gasteiger partial charge >= 0.3 is 6.09 Å². The van der Waals surface area contributed by atoms with Crippen LogP contribution in [0.1, 0.15) is 0 Å². The maximum absolute atomic E-state index is 12.3. The zero-order valence-corrected chi connectivity index (χ0v) is 7.03. The van der Waals surface area contributed by atoms with Crippen LogP contribution < -0.4 is 0 Å². The first kappa shape index (κ1) is 9.25. The van der Waals surface area contributed by atoms with Gasteiger partial charge in [0.1, 0.15) is 6.67 Å². The molecule has 0 aromatic heterocycles. The first-order valence-electron chi connectivity index (χ1n) is 3.89. The summed E-state index contributed by atoms with van der Waals surface area (Å²) < 4.78 is 12.3. The third kappa shape index (κ3) is 1.85. The second kappa shape index (κ2) is 3.71. The van der Waals surface area contributed by atoms with Crippen molar-refractivity contribution in [1.82, 2.24) is 9.80 Å². The van der Waals surface area contributed by atoms with Crippen molar-refractivity contribution in [2.75, 3.05) is 33.4 Å². The van der Waals surface area contributed by atoms with Crippen LogP contribution in [0.3, 0.4) is 0 Å². The molecule has 1 aliphatic heterocycles. The van der Waals surface area contributed by atoms with Gasteiger partial charge in [-0.1, -0.05) is 0 Å². The van der Waals surface area contributed by atoms with E-state index in [1.165, 1.54) is 4.90 Å². The average molecular weight is 176 g/mol. The highest BCUT2D eigenvalue weighted by atomic mass is 19.1. The van der Waals surface area contributed by atoms with Crippen LogP contribution in [0.2, 0.25) is 0 Å². The number of alkyl halides is 1. The van der Waals surface area contributed by atoms with Crippen LogP contribution in [0.25, 0.3) is 0 Å². The highest BCUT2D eigenvalue weighted by Gasteiger charge is 2.26. The number of carbonyl (C=O) groups is 1. The first-order valence-corrected chi connectivity index (χ1v) is 3.89. The quantitative estimate of drug-likeness (QED) is 0.622. The van der Waals surface area contributed by atoms with Gasteiger partial charge in [-0.2, -0.15) is 0 Å². The Kier molecular flexibility index (Phi) is 2.86. The molecule has 0 aliphatic carbocycles. The number of rotatable bonds is 1. The minimum Gasteiger partial charge on any atom is -0.465 e. The molecule has 12 heavy (non-hydrogen) atoms. The Morgan fingerprint density at radius 3 is 2.83 bits per heavy atom. The second-order valence-corrected chi connectivity index (χ2v) is 3.02. The van der Waals surface area contributed by atoms with Crippen molar-refractivity contribution >= 4 is 6.09 Å². The second-order valence-electron chi connectivity index (χ2n) is 3.02. The molecule has 0 radical (unpaired) electrons. The number of hydrogen-bond donors (Lipinski definition) is 1. The highest BCUT2D eigenvalue weighted by Crippen LogP contribution is 2.07. The summed E-state index contributed by atoms with van der Waals surface area (Å²) in [5.41, 5.74) is 0. The van der Waals surface area contributed by atoms with E-state index < -0.39 is 12.8 Å². The molecule has 4 nitrogen and oxygen atoms in total. The molecule has 1 N–H and O–H groups in total. The summed E-state index contributed by atoms with van der Waals surface area (Å²) in [7, 11) is 1.81. The molecule has 1 rings (SSSR count). The number of carboxylic acid groups (broad SMARTS) is 1. The molecule has 0 aromatic rings. The van der Waals surface area contributed by atoms with E-state index in [1.807, 2.05) is 11.9 Å². The molecule has 1 heterocycles. The number of amides is 1. The Hall–Kier alpha value is -0.840. The van der Waals surface area contributed by atoms with Gasteiger partial charge < -0.3 is 10.0 Å². The fraction of sp³-hybridized carbons (Fsp3) is 0.857. The van der Waals surface area contributed by atoms with Gasteiger partial charge in [0, 0.05) is 19.6 Å². The topological polar surface area (TPSA) is 43.8 Å². The van der Waals surface area contributed by atoms with Gasteiger partial charge in [-0.25, -0.2) is 9.18 Å². The van der Waals surface area contributed by atoms with E-state index >= 15 is 0 Å². The lowest BCUT2D eigenvalue weighted by Crippen LogP contribution is -2.53. The molecule has 0 spiro atoms. The summed E-state index contributed by atoms with van der Waals surface area (Å²) in [5, 5.41) is 8.62. The fourth-order valence-corrected chi connectivity index (χ4v) is 1.29. The van der Waals surface area contributed by atoms with E-state index in [4.69, 9.17) is 5.11 Å². The summed E-state index contributed by atoms with van der Waals surface area (Å²) in [5.74, 6) is 0. The van der Waals surface area contributed by atoms with Crippen molar-refractivity contribution in [3.63, 3.8) is 0 Å². The van der Waals surface area contributed by atoms with Gasteiger partial charge in [0.2, 0.25) is 0 Å². The van der Waals surface area contributed by atoms with E-state index in [0.29, 0.717) is 13.1 Å². The molecule has 1 aliphatic rings. The largest absolute Gasteiger partial charge is 0.465 e. The Labute approximate surface area is 70.6 Å². The number of piperazine rings is 1. The van der Waals surface area contributed by atoms with E-state index in [2.05, 4.69) is 0 Å². The summed E-state index contributed by atoms with van der Waals surface area (Å²) in [6.45, 7) is 0.881. The van der Waals surface area contributed by atoms with Gasteiger partial charge in [-0.05, 0) is 7.05 Å². The monoisotopic (exact) mass is 176 g/mol. The van der Waals surface area contributed by atoms with Crippen molar-refractivity contribution in [3.05, 3.63) is 0 Å². The molecule has 70 valence electrons. The summed E-state index contributed by atoms with van der Waals surface area (Å²) in [6.07, 6.45) is -0.957. The zero-order chi connectivity index (χ0) is 9.14. The number of likely N-dealkylation sites (N-methyl/N-ethyl adjacent to an activating group) is 1. The summed E-state index contributed by atoms with van der Waals surface area (Å²) in [4.78, 5) is 13.6. The highest BCUT2D eigenvalue weighted by molar-refractivity contribution is 5.65. The Morgan fingerprint density at radius 1 is 1.67 bits per heavy atom. The lowest BCUT2D eigenvalue weighted by atomic mass is 10.2. The molecule has 0 unspecified atom stereocenters. The van der Waals surface area contributed by atoms with Crippen LogP contribution >= 0.6 is 0 Å². The van der Waals surface area contributed by atoms with Gasteiger partial charge in [0.05, 0.1) is 6.04 Å². The lowest BCUT2D eigenvalue weighted by molar-refractivity contribution is 0.0731. The maximum Gasteiger partial charge on any atom is 0.407 e. The third-order valence-electron chi connectivity index (χ3n) is 2.23. The molecule has 0 aromatic carbocycles. The fourth-order valence-electron chi connectivity index (χ4n) is 1.29. The van der Waals surface area contributed by atoms with Gasteiger partial charge in [-0.15, -0.1) is 0 Å². The number of hydrogen-bond acceptors (Lipinski definition) is 2. The minimum absolute atomic E-state index is 0.269. The molecule has 1 atom stereocenters. The van der Waals surface area contributed by atoms with E-state index in [9.17, 15) is 9.18 Å². The summed E-state index contributed by atoms with van der Waals surface area (Å²) >= 11 is 0. The Bertz CT molecular complexity index is 177. The van der Waals surface area contributed by atoms with E-state index in [1.54, 1.807) is 0 Å². The van der Waals surface area contributed by atoms with Crippen molar-refractivity contribution in [3.8, 4) is 0 Å². The molecule has 1 saturated heterocycles. The third-order valence-corrected chi connectivity index (χ3v) is 2.23. The SMILES string of the molecule is CN1CCN(C(=O)O)C[C@@H]1CF. The molecular formula is C7H13FN2O2. The van der Waals surface area contributed by atoms with E-state index in [0.717, 1.165) is 0 Å². The van der Waals surface area contributed by atoms with Crippen LogP contribution in [0.5, 0.6) is 0 Å². The molecule has 5 heteroatoms. The maximum atomic E-state index is 12.3. The van der Waals surface area contributed by atoms with Crippen LogP contribution in [-0.2, 0) is 0 Å². The van der Waals surface area contributed by atoms with Crippen molar-refractivity contribution < 1.29 is 14.3 Å². The lowest BCUT2D eigenvalue weighted by Gasteiger charge is -2.36. The average Bonchev–Trinajstić information content (AvgIpc) is 2.05. The van der Waals surface area contributed by atoms with Crippen LogP contribution in [0.4, 0.5) is 9.18 Å². The number of halogens is 1. The predicted molar refractivity (Wildman–Crippen MR) is 42.0 cm³/mol. The summed E-state index contributed by atoms with van der Waals surface area (Å²) in [6, 6.07) is -0.269. The van der Waals surface area contributed by atoms with Crippen LogP contribution in [0, 0.1) is 0 Å². The van der Waals surface area contributed by atoms with Crippen molar-refractivity contribution in [1.29, 1.82) is 0 Å². The Balaban J connectivity index is 2.49. The number of nitrogens with zero attached hydrogens (tertiary/aromatic N) is 2. The van der Waals surface area contributed by atoms with Gasteiger partial charge in [0.15, 0.2) is 0 Å². The standard InChI is InChI=1S/C7H13FN2O2/c1-9-2-3-10(7(11)12)5-6(9)4-8/h6H,2-5H2,1H3,(H,11,12)/t6-/m0/s1. The predicted octanol–water partition coefficient (Wildman–Crippen LogP) is 0.250. The van der Waals surface area contributed by atoms with Gasteiger partial charge in [0.25, 0.3) is 0 Å². The van der Waals surface area contributed by atoms with Gasteiger partial charge in [-0.3, -0.25) is 4.90 Å². The molecule has 1 amide bonds. The van der Waals surface area contributed by atoms with Crippen molar-refractivity contribution in [2.45, 2.75) is 6.04 Å². The zero-order valence-electron chi connectivity index (χ0n) is 7.03.